The van der Waals surface area contributed by atoms with Crippen LogP contribution in [0.15, 0.2) is 102 Å². The summed E-state index contributed by atoms with van der Waals surface area (Å²) in [5.41, 5.74) is 3.57. The molecule has 0 aliphatic carbocycles. The maximum Gasteiger partial charge on any atom is 0.241 e. The SMILES string of the molecule is O=S(=O)(NCc1ccc(Cn2cccn2)cc1)c1ccccc1-c1ccccc1. The zero-order valence-corrected chi connectivity index (χ0v) is 16.6. The Kier molecular flexibility index (Phi) is 5.55. The summed E-state index contributed by atoms with van der Waals surface area (Å²) in [6, 6.07) is 26.3. The van der Waals surface area contributed by atoms with E-state index in [1.54, 1.807) is 18.3 Å². The lowest BCUT2D eigenvalue weighted by Crippen LogP contribution is -2.23. The van der Waals surface area contributed by atoms with Crippen molar-refractivity contribution >= 4 is 10.0 Å². The first-order valence-corrected chi connectivity index (χ1v) is 10.8. The zero-order valence-electron chi connectivity index (χ0n) is 15.8. The molecule has 0 amide bonds. The van der Waals surface area contributed by atoms with Crippen LogP contribution in [0.2, 0.25) is 0 Å². The second-order valence-corrected chi connectivity index (χ2v) is 8.44. The third kappa shape index (κ3) is 4.62. The zero-order chi connectivity index (χ0) is 20.1. The van der Waals surface area contributed by atoms with Gasteiger partial charge in [-0.1, -0.05) is 72.8 Å². The summed E-state index contributed by atoms with van der Waals surface area (Å²) < 4.78 is 30.5. The van der Waals surface area contributed by atoms with Gasteiger partial charge in [-0.15, -0.1) is 0 Å². The van der Waals surface area contributed by atoms with Crippen LogP contribution in [0.1, 0.15) is 11.1 Å². The minimum atomic E-state index is -3.65. The quantitative estimate of drug-likeness (QED) is 0.506. The maximum absolute atomic E-state index is 13.0. The lowest BCUT2D eigenvalue weighted by molar-refractivity contribution is 0.581. The molecule has 4 aromatic rings. The third-order valence-corrected chi connectivity index (χ3v) is 6.11. The fraction of sp³-hybridized carbons (Fsp3) is 0.0870. The summed E-state index contributed by atoms with van der Waals surface area (Å²) in [5.74, 6) is 0. The van der Waals surface area contributed by atoms with E-state index in [2.05, 4.69) is 9.82 Å². The molecule has 4 rings (SSSR count). The van der Waals surface area contributed by atoms with Gasteiger partial charge in [-0.2, -0.15) is 5.10 Å². The number of nitrogens with one attached hydrogen (secondary N) is 1. The summed E-state index contributed by atoms with van der Waals surface area (Å²) in [5, 5.41) is 4.19. The Bertz CT molecular complexity index is 1170. The van der Waals surface area contributed by atoms with Gasteiger partial charge in [-0.3, -0.25) is 4.68 Å². The van der Waals surface area contributed by atoms with Crippen LogP contribution in [-0.2, 0) is 23.1 Å². The minimum absolute atomic E-state index is 0.230. The molecule has 0 saturated heterocycles. The Hall–Kier alpha value is -3.22. The molecule has 6 heteroatoms. The van der Waals surface area contributed by atoms with Crippen LogP contribution in [0.5, 0.6) is 0 Å². The Morgan fingerprint density at radius 1 is 0.793 bits per heavy atom. The summed E-state index contributed by atoms with van der Waals surface area (Å²) >= 11 is 0. The van der Waals surface area contributed by atoms with Gasteiger partial charge >= 0.3 is 0 Å². The molecule has 1 N–H and O–H groups in total. The van der Waals surface area contributed by atoms with Crippen molar-refractivity contribution in [2.24, 2.45) is 0 Å². The predicted molar refractivity (Wildman–Crippen MR) is 114 cm³/mol. The van der Waals surface area contributed by atoms with E-state index in [1.165, 1.54) is 0 Å². The molecule has 0 atom stereocenters. The van der Waals surface area contributed by atoms with Crippen molar-refractivity contribution in [1.82, 2.24) is 14.5 Å². The van der Waals surface area contributed by atoms with Gasteiger partial charge in [0.15, 0.2) is 0 Å². The number of aromatic nitrogens is 2. The van der Waals surface area contributed by atoms with Gasteiger partial charge in [0, 0.05) is 24.5 Å². The average molecular weight is 404 g/mol. The first kappa shape index (κ1) is 19.1. The highest BCUT2D eigenvalue weighted by Crippen LogP contribution is 2.27. The molecular weight excluding hydrogens is 382 g/mol. The van der Waals surface area contributed by atoms with Gasteiger partial charge < -0.3 is 0 Å². The number of rotatable bonds is 7. The standard InChI is InChI=1S/C23H21N3O2S/c27-29(28,23-10-5-4-9-22(23)21-7-2-1-3-8-21)25-17-19-11-13-20(14-12-19)18-26-16-6-15-24-26/h1-16,25H,17-18H2. The highest BCUT2D eigenvalue weighted by molar-refractivity contribution is 7.89. The van der Waals surface area contributed by atoms with E-state index in [9.17, 15) is 8.42 Å². The molecule has 0 aliphatic heterocycles. The molecule has 0 aliphatic rings. The fourth-order valence-corrected chi connectivity index (χ4v) is 4.40. The van der Waals surface area contributed by atoms with Crippen LogP contribution in [0.3, 0.4) is 0 Å². The van der Waals surface area contributed by atoms with Crippen LogP contribution in [0.25, 0.3) is 11.1 Å². The van der Waals surface area contributed by atoms with Crippen molar-refractivity contribution in [2.45, 2.75) is 18.0 Å². The van der Waals surface area contributed by atoms with Gasteiger partial charge in [0.25, 0.3) is 0 Å². The predicted octanol–water partition coefficient (Wildman–Crippen LogP) is 4.08. The van der Waals surface area contributed by atoms with E-state index in [4.69, 9.17) is 0 Å². The molecule has 0 radical (unpaired) electrons. The summed E-state index contributed by atoms with van der Waals surface area (Å²) in [4.78, 5) is 0.279. The smallest absolute Gasteiger partial charge is 0.241 e. The number of hydrogen-bond acceptors (Lipinski definition) is 3. The summed E-state index contributed by atoms with van der Waals surface area (Å²) in [6.07, 6.45) is 3.66. The van der Waals surface area contributed by atoms with Crippen LogP contribution in [0.4, 0.5) is 0 Å². The van der Waals surface area contributed by atoms with Gasteiger partial charge in [-0.05, 0) is 28.8 Å². The molecule has 5 nitrogen and oxygen atoms in total. The fourth-order valence-electron chi connectivity index (χ4n) is 3.16. The molecule has 0 unspecified atom stereocenters. The van der Waals surface area contributed by atoms with E-state index in [0.29, 0.717) is 12.1 Å². The Morgan fingerprint density at radius 3 is 2.21 bits per heavy atom. The number of nitrogens with zero attached hydrogens (tertiary/aromatic N) is 2. The van der Waals surface area contributed by atoms with E-state index >= 15 is 0 Å². The van der Waals surface area contributed by atoms with Crippen molar-refractivity contribution in [2.75, 3.05) is 0 Å². The van der Waals surface area contributed by atoms with Gasteiger partial charge in [0.05, 0.1) is 11.4 Å². The average Bonchev–Trinajstić information content (AvgIpc) is 3.27. The normalized spacial score (nSPS) is 11.4. The van der Waals surface area contributed by atoms with Gasteiger partial charge in [0.2, 0.25) is 10.0 Å². The third-order valence-electron chi connectivity index (χ3n) is 4.65. The van der Waals surface area contributed by atoms with Crippen molar-refractivity contribution in [3.63, 3.8) is 0 Å². The highest BCUT2D eigenvalue weighted by atomic mass is 32.2. The number of benzene rings is 3. The van der Waals surface area contributed by atoms with E-state index in [0.717, 1.165) is 16.7 Å². The first-order chi connectivity index (χ1) is 14.1. The van der Waals surface area contributed by atoms with Crippen molar-refractivity contribution in [1.29, 1.82) is 0 Å². The maximum atomic E-state index is 13.0. The molecule has 29 heavy (non-hydrogen) atoms. The second kappa shape index (κ2) is 8.43. The molecule has 0 spiro atoms. The monoisotopic (exact) mass is 403 g/mol. The summed E-state index contributed by atoms with van der Waals surface area (Å²) in [6.45, 7) is 0.914. The van der Waals surface area contributed by atoms with Crippen LogP contribution >= 0.6 is 0 Å². The van der Waals surface area contributed by atoms with Crippen LogP contribution < -0.4 is 4.72 Å². The van der Waals surface area contributed by atoms with E-state index < -0.39 is 10.0 Å². The molecule has 0 bridgehead atoms. The van der Waals surface area contributed by atoms with E-state index in [1.807, 2.05) is 83.7 Å². The van der Waals surface area contributed by atoms with Gasteiger partial charge in [0.1, 0.15) is 0 Å². The largest absolute Gasteiger partial charge is 0.268 e. The Labute approximate surface area is 170 Å². The van der Waals surface area contributed by atoms with Crippen LogP contribution in [-0.4, -0.2) is 18.2 Å². The molecule has 3 aromatic carbocycles. The van der Waals surface area contributed by atoms with Crippen LogP contribution in [0, 0.1) is 0 Å². The molecular formula is C23H21N3O2S. The first-order valence-electron chi connectivity index (χ1n) is 9.31. The lowest BCUT2D eigenvalue weighted by atomic mass is 10.1. The molecule has 1 heterocycles. The van der Waals surface area contributed by atoms with Crippen molar-refractivity contribution in [3.8, 4) is 11.1 Å². The Balaban J connectivity index is 1.49. The molecule has 146 valence electrons. The molecule has 0 fully saturated rings. The van der Waals surface area contributed by atoms with E-state index in [-0.39, 0.29) is 11.4 Å². The summed E-state index contributed by atoms with van der Waals surface area (Å²) in [7, 11) is -3.65. The molecule has 0 saturated carbocycles. The molecule has 1 aromatic heterocycles. The van der Waals surface area contributed by atoms with Crippen molar-refractivity contribution < 1.29 is 8.42 Å². The number of sulfonamides is 1. The Morgan fingerprint density at radius 2 is 1.48 bits per heavy atom. The second-order valence-electron chi connectivity index (χ2n) is 6.71. The number of hydrogen-bond donors (Lipinski definition) is 1. The minimum Gasteiger partial charge on any atom is -0.268 e. The topological polar surface area (TPSA) is 64.0 Å². The highest BCUT2D eigenvalue weighted by Gasteiger charge is 2.18. The van der Waals surface area contributed by atoms with Gasteiger partial charge in [-0.25, -0.2) is 13.1 Å². The van der Waals surface area contributed by atoms with Crippen molar-refractivity contribution in [3.05, 3.63) is 108 Å². The lowest BCUT2D eigenvalue weighted by Gasteiger charge is -2.12.